The zero-order chi connectivity index (χ0) is 11.9. The smallest absolute Gasteiger partial charge is 0.157 e. The van der Waals surface area contributed by atoms with Crippen molar-refractivity contribution in [3.63, 3.8) is 0 Å². The topological polar surface area (TPSA) is 18.5 Å². The highest BCUT2D eigenvalue weighted by molar-refractivity contribution is 4.65. The average molecular weight is 232 g/mol. The second-order valence-corrected chi connectivity index (χ2v) is 5.20. The van der Waals surface area contributed by atoms with Gasteiger partial charge in [0.05, 0.1) is 0 Å². The molecule has 3 heteroatoms. The third kappa shape index (κ3) is 7.18. The lowest BCUT2D eigenvalue weighted by Crippen LogP contribution is -2.22. The van der Waals surface area contributed by atoms with E-state index in [4.69, 9.17) is 9.47 Å². The standard InChI is InChI=1S/C13H25FO2/c1-13(2,14)9-5-3-6-10-15-12-8-4-7-11-16-12/h12H,3-11H2,1-2H3. The molecule has 0 aliphatic carbocycles. The van der Waals surface area contributed by atoms with Crippen molar-refractivity contribution < 1.29 is 13.9 Å². The first-order chi connectivity index (χ1) is 7.58. The highest BCUT2D eigenvalue weighted by Gasteiger charge is 2.15. The van der Waals surface area contributed by atoms with E-state index in [-0.39, 0.29) is 6.29 Å². The van der Waals surface area contributed by atoms with E-state index in [1.807, 2.05) is 0 Å². The molecule has 1 saturated heterocycles. The summed E-state index contributed by atoms with van der Waals surface area (Å²) >= 11 is 0. The molecule has 1 unspecified atom stereocenters. The third-order valence-corrected chi connectivity index (χ3v) is 2.86. The third-order valence-electron chi connectivity index (χ3n) is 2.86. The zero-order valence-electron chi connectivity index (χ0n) is 10.6. The molecule has 0 amide bonds. The predicted molar refractivity (Wildman–Crippen MR) is 63.2 cm³/mol. The zero-order valence-corrected chi connectivity index (χ0v) is 10.6. The van der Waals surface area contributed by atoms with Crippen molar-refractivity contribution in [2.24, 2.45) is 0 Å². The number of rotatable bonds is 7. The van der Waals surface area contributed by atoms with Gasteiger partial charge in [-0.05, 0) is 46.0 Å². The summed E-state index contributed by atoms with van der Waals surface area (Å²) in [5.74, 6) is 0. The molecule has 0 aromatic rings. The molecule has 0 N–H and O–H groups in total. The first-order valence-electron chi connectivity index (χ1n) is 6.50. The van der Waals surface area contributed by atoms with Gasteiger partial charge in [-0.25, -0.2) is 4.39 Å². The number of halogens is 1. The second-order valence-electron chi connectivity index (χ2n) is 5.20. The number of hydrogen-bond acceptors (Lipinski definition) is 2. The van der Waals surface area contributed by atoms with Gasteiger partial charge in [-0.3, -0.25) is 0 Å². The van der Waals surface area contributed by atoms with Crippen LogP contribution in [0, 0.1) is 0 Å². The van der Waals surface area contributed by atoms with Gasteiger partial charge in [0.25, 0.3) is 0 Å². The fraction of sp³-hybridized carbons (Fsp3) is 1.00. The van der Waals surface area contributed by atoms with Crippen molar-refractivity contribution >= 4 is 0 Å². The Bertz CT molecular complexity index is 171. The maximum Gasteiger partial charge on any atom is 0.157 e. The molecule has 0 saturated carbocycles. The fourth-order valence-corrected chi connectivity index (χ4v) is 1.88. The number of ether oxygens (including phenoxy) is 2. The molecule has 0 bridgehead atoms. The Labute approximate surface area is 98.5 Å². The summed E-state index contributed by atoms with van der Waals surface area (Å²) in [6.07, 6.45) is 7.05. The van der Waals surface area contributed by atoms with Crippen molar-refractivity contribution in [2.75, 3.05) is 13.2 Å². The molecule has 1 atom stereocenters. The van der Waals surface area contributed by atoms with Gasteiger partial charge >= 0.3 is 0 Å². The van der Waals surface area contributed by atoms with Crippen LogP contribution in [0.2, 0.25) is 0 Å². The van der Waals surface area contributed by atoms with Gasteiger partial charge in [-0.2, -0.15) is 0 Å². The lowest BCUT2D eigenvalue weighted by atomic mass is 10.0. The molecule has 0 spiro atoms. The highest BCUT2D eigenvalue weighted by Crippen LogP contribution is 2.18. The molecular weight excluding hydrogens is 207 g/mol. The summed E-state index contributed by atoms with van der Waals surface area (Å²) in [6, 6.07) is 0. The normalized spacial score (nSPS) is 22.3. The van der Waals surface area contributed by atoms with E-state index < -0.39 is 5.67 Å². The average Bonchev–Trinajstić information content (AvgIpc) is 2.23. The Kier molecular flexibility index (Phi) is 6.29. The minimum atomic E-state index is -1.02. The summed E-state index contributed by atoms with van der Waals surface area (Å²) in [7, 11) is 0. The van der Waals surface area contributed by atoms with E-state index in [2.05, 4.69) is 0 Å². The second kappa shape index (κ2) is 7.23. The van der Waals surface area contributed by atoms with Crippen LogP contribution in [0.1, 0.15) is 58.8 Å². The Morgan fingerprint density at radius 3 is 2.69 bits per heavy atom. The molecule has 2 nitrogen and oxygen atoms in total. The molecular formula is C13H25FO2. The first kappa shape index (κ1) is 13.9. The molecule has 1 heterocycles. The molecule has 1 rings (SSSR count). The van der Waals surface area contributed by atoms with Gasteiger partial charge in [-0.15, -0.1) is 0 Å². The number of unbranched alkanes of at least 4 members (excludes halogenated alkanes) is 2. The van der Waals surface area contributed by atoms with Gasteiger partial charge < -0.3 is 9.47 Å². The van der Waals surface area contributed by atoms with E-state index in [1.165, 1.54) is 6.42 Å². The van der Waals surface area contributed by atoms with Crippen LogP contribution in [0.15, 0.2) is 0 Å². The number of alkyl halides is 1. The van der Waals surface area contributed by atoms with E-state index in [0.29, 0.717) is 6.42 Å². The van der Waals surface area contributed by atoms with E-state index in [9.17, 15) is 4.39 Å². The van der Waals surface area contributed by atoms with Crippen LogP contribution in [0.25, 0.3) is 0 Å². The summed E-state index contributed by atoms with van der Waals surface area (Å²) < 4.78 is 24.2. The lowest BCUT2D eigenvalue weighted by molar-refractivity contribution is -0.162. The SMILES string of the molecule is CC(C)(F)CCCCCOC1CCCCO1. The maximum atomic E-state index is 13.1. The Morgan fingerprint density at radius 1 is 1.25 bits per heavy atom. The Balaban J connectivity index is 1.87. The summed E-state index contributed by atoms with van der Waals surface area (Å²) in [5, 5.41) is 0. The Hall–Kier alpha value is -0.150. The van der Waals surface area contributed by atoms with Crippen LogP contribution in [0.3, 0.4) is 0 Å². The van der Waals surface area contributed by atoms with Crippen LogP contribution in [0.4, 0.5) is 4.39 Å². The van der Waals surface area contributed by atoms with Crippen molar-refractivity contribution in [1.29, 1.82) is 0 Å². The van der Waals surface area contributed by atoms with Crippen LogP contribution in [0.5, 0.6) is 0 Å². The fourth-order valence-electron chi connectivity index (χ4n) is 1.88. The first-order valence-corrected chi connectivity index (χ1v) is 6.50. The highest BCUT2D eigenvalue weighted by atomic mass is 19.1. The van der Waals surface area contributed by atoms with Gasteiger partial charge in [0.15, 0.2) is 6.29 Å². The van der Waals surface area contributed by atoms with Crippen molar-refractivity contribution in [1.82, 2.24) is 0 Å². The van der Waals surface area contributed by atoms with E-state index in [1.54, 1.807) is 13.8 Å². The molecule has 1 aliphatic rings. The molecule has 1 aliphatic heterocycles. The van der Waals surface area contributed by atoms with E-state index in [0.717, 1.165) is 45.3 Å². The molecule has 16 heavy (non-hydrogen) atoms. The number of hydrogen-bond donors (Lipinski definition) is 0. The summed E-state index contributed by atoms with van der Waals surface area (Å²) in [4.78, 5) is 0. The van der Waals surface area contributed by atoms with Crippen molar-refractivity contribution in [3.8, 4) is 0 Å². The largest absolute Gasteiger partial charge is 0.353 e. The predicted octanol–water partition coefficient (Wildman–Crippen LogP) is 3.84. The lowest BCUT2D eigenvalue weighted by Gasteiger charge is -2.22. The minimum Gasteiger partial charge on any atom is -0.353 e. The van der Waals surface area contributed by atoms with Crippen LogP contribution in [-0.4, -0.2) is 25.2 Å². The maximum absolute atomic E-state index is 13.1. The van der Waals surface area contributed by atoms with Crippen molar-refractivity contribution in [3.05, 3.63) is 0 Å². The van der Waals surface area contributed by atoms with E-state index >= 15 is 0 Å². The summed E-state index contributed by atoms with van der Waals surface area (Å²) in [5.41, 5.74) is -1.02. The molecule has 0 aromatic carbocycles. The minimum absolute atomic E-state index is 0.0198. The van der Waals surface area contributed by atoms with Gasteiger partial charge in [0.2, 0.25) is 0 Å². The monoisotopic (exact) mass is 232 g/mol. The molecule has 1 fully saturated rings. The summed E-state index contributed by atoms with van der Waals surface area (Å²) in [6.45, 7) is 4.86. The van der Waals surface area contributed by atoms with Gasteiger partial charge in [-0.1, -0.05) is 12.8 Å². The van der Waals surface area contributed by atoms with Crippen LogP contribution >= 0.6 is 0 Å². The van der Waals surface area contributed by atoms with Crippen LogP contribution in [-0.2, 0) is 9.47 Å². The van der Waals surface area contributed by atoms with Gasteiger partial charge in [0.1, 0.15) is 5.67 Å². The van der Waals surface area contributed by atoms with Crippen molar-refractivity contribution in [2.45, 2.75) is 70.8 Å². The quantitative estimate of drug-likeness (QED) is 0.621. The van der Waals surface area contributed by atoms with Crippen LogP contribution < -0.4 is 0 Å². The molecule has 0 aromatic heterocycles. The molecule has 96 valence electrons. The van der Waals surface area contributed by atoms with Gasteiger partial charge in [0, 0.05) is 13.2 Å². The Morgan fingerprint density at radius 2 is 2.06 bits per heavy atom. The molecule has 0 radical (unpaired) electrons.